The zero-order valence-electron chi connectivity index (χ0n) is 29.0. The van der Waals surface area contributed by atoms with Crippen molar-refractivity contribution in [1.82, 2.24) is 15.0 Å². The second kappa shape index (κ2) is 19.0. The molecule has 0 fully saturated rings. The van der Waals surface area contributed by atoms with Crippen LogP contribution >= 0.6 is 0 Å². The van der Waals surface area contributed by atoms with Gasteiger partial charge in [-0.3, -0.25) is 0 Å². The predicted octanol–water partition coefficient (Wildman–Crippen LogP) is -5.19. The SMILES string of the molecule is C=CS(=O)(=O)c1ccc(N=Nc2c(S(=O)(=O)[O-])cc3cc(S(=O)(=O)[O-])c(N=Nc4cc(Nc5nc(F)nc(F)n5)ccc4S(=O)(=O)[O-])c(O)c3c2N)cc1.[Na+].[Na+].[Na+]. The molecule has 21 nitrogen and oxygen atoms in total. The molecule has 4 aromatic carbocycles. The van der Waals surface area contributed by atoms with Gasteiger partial charge in [0.15, 0.2) is 15.6 Å². The zero-order chi connectivity index (χ0) is 40.0. The van der Waals surface area contributed by atoms with Crippen molar-refractivity contribution in [1.29, 1.82) is 0 Å². The molecule has 30 heteroatoms. The molecule has 0 saturated carbocycles. The summed E-state index contributed by atoms with van der Waals surface area (Å²) in [4.78, 5) is 5.10. The molecule has 5 aromatic rings. The number of halogens is 2. The van der Waals surface area contributed by atoms with Crippen molar-refractivity contribution in [3.8, 4) is 5.75 Å². The second-order valence-electron chi connectivity index (χ2n) is 10.3. The summed E-state index contributed by atoms with van der Waals surface area (Å²) < 4.78 is 160. The Hall–Kier alpha value is -2.97. The van der Waals surface area contributed by atoms with Crippen molar-refractivity contribution in [2.24, 2.45) is 20.5 Å². The standard InChI is InChI=1S/C27H19F2N9O12S4.3Na/c1-2-51(40,41)15-6-3-13(4-7-15)35-37-22-18(53(45,46)47)9-12-10-19(54(48,49)50)23(24(39)20(12)21(22)30)38-36-16-11-14(5-8-17(16)52(42,43)44)31-27-33-25(28)32-26(29)34-27;;;/h2-11,39H,1,30H2,(H,42,43,44)(H,45,46,47)(H,48,49,50)(H,31,32,33,34);;;/q;3*+1/p-3. The van der Waals surface area contributed by atoms with E-state index in [2.05, 4.69) is 47.3 Å². The van der Waals surface area contributed by atoms with E-state index in [0.29, 0.717) is 23.6 Å². The fraction of sp³-hybridized carbons (Fsp3) is 0. The topological polar surface area (TPSA) is 352 Å². The van der Waals surface area contributed by atoms with E-state index in [1.165, 1.54) is 0 Å². The molecule has 0 bridgehead atoms. The predicted molar refractivity (Wildman–Crippen MR) is 176 cm³/mol. The van der Waals surface area contributed by atoms with Crippen LogP contribution in [-0.4, -0.2) is 67.4 Å². The summed E-state index contributed by atoms with van der Waals surface area (Å²) in [5, 5.41) is 27.2. The van der Waals surface area contributed by atoms with Crippen molar-refractivity contribution in [2.45, 2.75) is 19.6 Å². The molecule has 0 unspecified atom stereocenters. The summed E-state index contributed by atoms with van der Waals surface area (Å²) in [6, 6.07) is 7.67. The Kier molecular flexibility index (Phi) is 16.7. The van der Waals surface area contributed by atoms with E-state index < -0.39 is 112 Å². The summed E-state index contributed by atoms with van der Waals surface area (Å²) in [5.74, 6) is -2.06. The average Bonchev–Trinajstić information content (AvgIpc) is 3.05. The van der Waals surface area contributed by atoms with Crippen LogP contribution in [0.2, 0.25) is 0 Å². The fourth-order valence-electron chi connectivity index (χ4n) is 4.50. The van der Waals surface area contributed by atoms with Crippen LogP contribution in [-0.2, 0) is 40.2 Å². The maximum atomic E-state index is 13.5. The molecule has 5 rings (SSSR count). The van der Waals surface area contributed by atoms with Gasteiger partial charge in [0.2, 0.25) is 5.95 Å². The first-order valence-corrected chi connectivity index (χ1v) is 19.6. The number of hydrogen-bond acceptors (Lipinski definition) is 21. The average molecular weight is 894 g/mol. The first kappa shape index (κ1) is 50.2. The van der Waals surface area contributed by atoms with E-state index >= 15 is 0 Å². The number of phenolic OH excluding ortho intramolecular Hbond substituents is 1. The number of aromatic hydroxyl groups is 1. The first-order chi connectivity index (χ1) is 25.0. The molecular weight excluding hydrogens is 878 g/mol. The number of nitrogen functional groups attached to an aromatic ring is 1. The maximum absolute atomic E-state index is 13.5. The number of nitrogens with one attached hydrogen (secondary N) is 1. The van der Waals surface area contributed by atoms with Crippen molar-refractivity contribution >= 4 is 91.0 Å². The number of sulfone groups is 1. The van der Waals surface area contributed by atoms with Gasteiger partial charge >= 0.3 is 101 Å². The van der Waals surface area contributed by atoms with E-state index in [1.54, 1.807) is 0 Å². The number of benzene rings is 4. The molecule has 282 valence electrons. The monoisotopic (exact) mass is 893 g/mol. The number of anilines is 3. The zero-order valence-corrected chi connectivity index (χ0v) is 38.3. The summed E-state index contributed by atoms with van der Waals surface area (Å²) in [6.45, 7) is 3.19. The number of nitrogens with zero attached hydrogens (tertiary/aromatic N) is 7. The molecule has 0 radical (unpaired) electrons. The molecule has 1 aromatic heterocycles. The Morgan fingerprint density at radius 3 is 1.72 bits per heavy atom. The van der Waals surface area contributed by atoms with E-state index in [4.69, 9.17) is 5.73 Å². The number of fused-ring (bicyclic) bond motifs is 1. The Bertz CT molecular complexity index is 2910. The first-order valence-electron chi connectivity index (χ1n) is 13.8. The van der Waals surface area contributed by atoms with Crippen LogP contribution in [0.5, 0.6) is 5.75 Å². The number of aromatic nitrogens is 3. The van der Waals surface area contributed by atoms with Crippen molar-refractivity contribution in [3.05, 3.63) is 78.7 Å². The Morgan fingerprint density at radius 2 is 1.21 bits per heavy atom. The molecule has 0 aliphatic heterocycles. The van der Waals surface area contributed by atoms with E-state index in [-0.39, 0.29) is 105 Å². The van der Waals surface area contributed by atoms with Gasteiger partial charge in [0, 0.05) is 11.1 Å². The van der Waals surface area contributed by atoms with Gasteiger partial charge in [-0.1, -0.05) is 6.58 Å². The fourth-order valence-corrected chi connectivity index (χ4v) is 7.10. The van der Waals surface area contributed by atoms with Gasteiger partial charge in [-0.2, -0.15) is 28.8 Å². The minimum atomic E-state index is -5.69. The molecule has 0 atom stereocenters. The van der Waals surface area contributed by atoms with Gasteiger partial charge in [-0.15, -0.1) is 15.3 Å². The van der Waals surface area contributed by atoms with Crippen LogP contribution in [0, 0.1) is 12.2 Å². The van der Waals surface area contributed by atoms with Crippen LogP contribution in [0.1, 0.15) is 0 Å². The molecule has 1 heterocycles. The van der Waals surface area contributed by atoms with Gasteiger partial charge in [0.25, 0.3) is 0 Å². The van der Waals surface area contributed by atoms with Gasteiger partial charge in [-0.05, 0) is 60.0 Å². The Labute approximate surface area is 387 Å². The molecule has 0 aliphatic rings. The third-order valence-electron chi connectivity index (χ3n) is 6.83. The summed E-state index contributed by atoms with van der Waals surface area (Å²) >= 11 is 0. The largest absolute Gasteiger partial charge is 1.00 e. The Morgan fingerprint density at radius 1 is 0.702 bits per heavy atom. The minimum absolute atomic E-state index is 0. The smallest absolute Gasteiger partial charge is 0.744 e. The molecule has 0 saturated heterocycles. The Balaban J connectivity index is 0.00000374. The number of azo groups is 2. The number of rotatable bonds is 11. The number of nitrogens with two attached hydrogens (primary N) is 1. The van der Waals surface area contributed by atoms with Gasteiger partial charge in [0.1, 0.15) is 47.4 Å². The minimum Gasteiger partial charge on any atom is -0.744 e. The van der Waals surface area contributed by atoms with Crippen molar-refractivity contribution in [3.63, 3.8) is 0 Å². The van der Waals surface area contributed by atoms with Crippen molar-refractivity contribution in [2.75, 3.05) is 11.1 Å². The normalized spacial score (nSPS) is 12.2. The van der Waals surface area contributed by atoms with Crippen LogP contribution in [0.4, 0.5) is 48.9 Å². The van der Waals surface area contributed by atoms with E-state index in [1.807, 2.05) is 0 Å². The van der Waals surface area contributed by atoms with Crippen LogP contribution in [0.25, 0.3) is 10.8 Å². The van der Waals surface area contributed by atoms with Crippen LogP contribution in [0.3, 0.4) is 0 Å². The third kappa shape index (κ3) is 11.6. The van der Waals surface area contributed by atoms with Gasteiger partial charge < -0.3 is 29.8 Å². The van der Waals surface area contributed by atoms with Crippen molar-refractivity contribution < 1.29 is 150 Å². The van der Waals surface area contributed by atoms with Gasteiger partial charge in [0.05, 0.1) is 36.3 Å². The maximum Gasteiger partial charge on any atom is 1.00 e. The molecule has 0 spiro atoms. The quantitative estimate of drug-likeness (QED) is 0.0483. The van der Waals surface area contributed by atoms with Crippen LogP contribution in [0.15, 0.2) is 107 Å². The van der Waals surface area contributed by atoms with E-state index in [0.717, 1.165) is 36.4 Å². The molecule has 0 amide bonds. The third-order valence-corrected chi connectivity index (χ3v) is 10.8. The summed E-state index contributed by atoms with van der Waals surface area (Å²) in [6.07, 6.45) is -3.11. The molecular formula is C27H16F2N9Na3O12S4. The van der Waals surface area contributed by atoms with Crippen LogP contribution < -0.4 is 99.7 Å². The second-order valence-corrected chi connectivity index (χ2v) is 16.2. The van der Waals surface area contributed by atoms with E-state index in [9.17, 15) is 61.2 Å². The summed E-state index contributed by atoms with van der Waals surface area (Å²) in [7, 11) is -20.5. The molecule has 57 heavy (non-hydrogen) atoms. The summed E-state index contributed by atoms with van der Waals surface area (Å²) in [5.41, 5.74) is 1.80. The van der Waals surface area contributed by atoms with Gasteiger partial charge in [-0.25, -0.2) is 33.7 Å². The number of phenols is 1. The number of hydrogen-bond donors (Lipinski definition) is 3. The molecule has 0 aliphatic carbocycles. The molecule has 4 N–H and O–H groups in total.